The summed E-state index contributed by atoms with van der Waals surface area (Å²) in [6, 6.07) is 0.392. The molecule has 1 rings (SSSR count). The Hall–Kier alpha value is -0.220. The van der Waals surface area contributed by atoms with Gasteiger partial charge in [0.15, 0.2) is 0 Å². The van der Waals surface area contributed by atoms with Gasteiger partial charge >= 0.3 is 5.97 Å². The van der Waals surface area contributed by atoms with Crippen molar-refractivity contribution in [1.82, 2.24) is 5.32 Å². The van der Waals surface area contributed by atoms with Crippen molar-refractivity contribution in [3.63, 3.8) is 0 Å². The summed E-state index contributed by atoms with van der Waals surface area (Å²) >= 11 is 1.96. The Morgan fingerprint density at radius 1 is 1.50 bits per heavy atom. The van der Waals surface area contributed by atoms with Crippen LogP contribution >= 0.6 is 11.8 Å². The lowest BCUT2D eigenvalue weighted by atomic mass is 9.87. The van der Waals surface area contributed by atoms with E-state index >= 15 is 0 Å². The summed E-state index contributed by atoms with van der Waals surface area (Å²) < 4.78 is 4.80. The van der Waals surface area contributed by atoms with Crippen LogP contribution in [0.1, 0.15) is 34.1 Å². The molecule has 0 aromatic rings. The average Bonchev–Trinajstić information content (AvgIpc) is 2.14. The predicted molar refractivity (Wildman–Crippen MR) is 68.7 cm³/mol. The van der Waals surface area contributed by atoms with Gasteiger partial charge in [-0.25, -0.2) is 0 Å². The molecule has 4 heteroatoms. The number of hydrogen-bond donors (Lipinski definition) is 1. The zero-order valence-electron chi connectivity index (χ0n) is 10.9. The Balaban J connectivity index is 2.57. The summed E-state index contributed by atoms with van der Waals surface area (Å²) in [5, 5.41) is 3.41. The van der Waals surface area contributed by atoms with Crippen molar-refractivity contribution in [3.8, 4) is 0 Å². The van der Waals surface area contributed by atoms with Gasteiger partial charge in [0, 0.05) is 11.8 Å². The lowest BCUT2D eigenvalue weighted by Crippen LogP contribution is -2.55. The van der Waals surface area contributed by atoms with Gasteiger partial charge in [0.1, 0.15) is 5.54 Å². The second kappa shape index (κ2) is 4.96. The molecule has 16 heavy (non-hydrogen) atoms. The molecule has 3 nitrogen and oxygen atoms in total. The smallest absolute Gasteiger partial charge is 0.325 e. The molecule has 0 aromatic heterocycles. The zero-order valence-corrected chi connectivity index (χ0v) is 11.7. The normalized spacial score (nSPS) is 25.2. The fraction of sp³-hybridized carbons (Fsp3) is 0.917. The molecule has 1 fully saturated rings. The minimum atomic E-state index is -0.590. The monoisotopic (exact) mass is 245 g/mol. The van der Waals surface area contributed by atoms with Gasteiger partial charge < -0.3 is 4.74 Å². The number of thioether (sulfide) groups is 1. The van der Waals surface area contributed by atoms with Crippen molar-refractivity contribution in [3.05, 3.63) is 0 Å². The maximum absolute atomic E-state index is 11.6. The summed E-state index contributed by atoms with van der Waals surface area (Å²) in [4.78, 5) is 11.6. The van der Waals surface area contributed by atoms with E-state index in [1.807, 2.05) is 25.6 Å². The number of rotatable bonds is 3. The number of carbonyl (C=O) groups is 1. The maximum Gasteiger partial charge on any atom is 0.325 e. The van der Waals surface area contributed by atoms with Gasteiger partial charge in [-0.05, 0) is 31.4 Å². The molecule has 1 aliphatic rings. The first-order chi connectivity index (χ1) is 7.27. The number of hydrogen-bond acceptors (Lipinski definition) is 4. The Morgan fingerprint density at radius 3 is 2.62 bits per heavy atom. The molecule has 1 heterocycles. The van der Waals surface area contributed by atoms with E-state index in [1.54, 1.807) is 0 Å². The first-order valence-corrected chi connectivity index (χ1v) is 6.86. The highest BCUT2D eigenvalue weighted by molar-refractivity contribution is 7.99. The van der Waals surface area contributed by atoms with Gasteiger partial charge in [0.25, 0.3) is 0 Å². The Labute approximate surface area is 103 Å². The largest absolute Gasteiger partial charge is 0.468 e. The van der Waals surface area contributed by atoms with Crippen LogP contribution in [0.5, 0.6) is 0 Å². The van der Waals surface area contributed by atoms with Crippen molar-refractivity contribution in [2.75, 3.05) is 18.6 Å². The highest BCUT2D eigenvalue weighted by atomic mass is 32.2. The minimum Gasteiger partial charge on any atom is -0.468 e. The molecule has 1 saturated heterocycles. The third-order valence-corrected chi connectivity index (χ3v) is 4.50. The first-order valence-electron chi connectivity index (χ1n) is 5.71. The molecule has 0 amide bonds. The fourth-order valence-corrected chi connectivity index (χ4v) is 3.45. The molecule has 1 atom stereocenters. The van der Waals surface area contributed by atoms with Gasteiger partial charge in [-0.3, -0.25) is 10.1 Å². The van der Waals surface area contributed by atoms with Crippen molar-refractivity contribution < 1.29 is 9.53 Å². The van der Waals surface area contributed by atoms with E-state index in [-0.39, 0.29) is 5.97 Å². The second-order valence-corrected chi connectivity index (χ2v) is 6.87. The number of ether oxygens (including phenoxy) is 1. The second-order valence-electron chi connectivity index (χ2n) is 5.84. The molecule has 0 bridgehead atoms. The molecular weight excluding hydrogens is 222 g/mol. The molecule has 0 radical (unpaired) electrons. The number of methoxy groups -OCH3 is 1. The van der Waals surface area contributed by atoms with Crippen LogP contribution in [-0.2, 0) is 9.53 Å². The van der Waals surface area contributed by atoms with E-state index in [0.717, 1.165) is 12.2 Å². The predicted octanol–water partition coefficient (Wildman–Crippen LogP) is 2.06. The molecule has 1 unspecified atom stereocenters. The Kier molecular flexibility index (Phi) is 4.29. The van der Waals surface area contributed by atoms with Gasteiger partial charge in [0.2, 0.25) is 0 Å². The van der Waals surface area contributed by atoms with Crippen molar-refractivity contribution >= 4 is 17.7 Å². The number of carbonyl (C=O) groups excluding carboxylic acids is 1. The van der Waals surface area contributed by atoms with Crippen LogP contribution in [0, 0.1) is 5.41 Å². The molecule has 94 valence electrons. The van der Waals surface area contributed by atoms with E-state index in [1.165, 1.54) is 12.9 Å². The minimum absolute atomic E-state index is 0.194. The molecule has 0 saturated carbocycles. The van der Waals surface area contributed by atoms with Crippen molar-refractivity contribution in [2.24, 2.45) is 5.41 Å². The third-order valence-electron chi connectivity index (χ3n) is 2.87. The van der Waals surface area contributed by atoms with Gasteiger partial charge in [-0.15, -0.1) is 0 Å². The Bertz CT molecular complexity index is 264. The summed E-state index contributed by atoms with van der Waals surface area (Å²) in [5.74, 6) is 2.08. The average molecular weight is 245 g/mol. The van der Waals surface area contributed by atoms with Crippen LogP contribution in [0.3, 0.4) is 0 Å². The topological polar surface area (TPSA) is 38.3 Å². The zero-order chi connectivity index (χ0) is 12.4. The quantitative estimate of drug-likeness (QED) is 0.772. The lowest BCUT2D eigenvalue weighted by Gasteiger charge is -2.38. The summed E-state index contributed by atoms with van der Waals surface area (Å²) in [7, 11) is 1.44. The van der Waals surface area contributed by atoms with E-state index in [9.17, 15) is 4.79 Å². The van der Waals surface area contributed by atoms with E-state index in [0.29, 0.717) is 11.5 Å². The molecule has 0 spiro atoms. The van der Waals surface area contributed by atoms with Crippen LogP contribution in [0.4, 0.5) is 0 Å². The first kappa shape index (κ1) is 13.8. The standard InChI is InChI=1S/C12H23NO2S/c1-11(2)6-9(7-16-8-11)13-12(3,4)10(14)15-5/h9,13H,6-8H2,1-5H3. The van der Waals surface area contributed by atoms with Gasteiger partial charge in [0.05, 0.1) is 7.11 Å². The van der Waals surface area contributed by atoms with Crippen LogP contribution in [0.2, 0.25) is 0 Å². The Morgan fingerprint density at radius 2 is 2.12 bits per heavy atom. The van der Waals surface area contributed by atoms with Crippen LogP contribution in [-0.4, -0.2) is 36.2 Å². The summed E-state index contributed by atoms with van der Waals surface area (Å²) in [5.41, 5.74) is -0.236. The number of nitrogens with one attached hydrogen (secondary N) is 1. The van der Waals surface area contributed by atoms with E-state index in [4.69, 9.17) is 4.74 Å². The molecular formula is C12H23NO2S. The molecule has 0 aliphatic carbocycles. The molecule has 1 aliphatic heterocycles. The van der Waals surface area contributed by atoms with Crippen LogP contribution in [0.15, 0.2) is 0 Å². The number of esters is 1. The highest BCUT2D eigenvalue weighted by Crippen LogP contribution is 2.34. The van der Waals surface area contributed by atoms with Crippen LogP contribution < -0.4 is 5.32 Å². The fourth-order valence-electron chi connectivity index (χ4n) is 2.18. The van der Waals surface area contributed by atoms with Crippen molar-refractivity contribution in [1.29, 1.82) is 0 Å². The highest BCUT2D eigenvalue weighted by Gasteiger charge is 2.35. The van der Waals surface area contributed by atoms with E-state index in [2.05, 4.69) is 19.2 Å². The molecule has 0 aromatic carbocycles. The van der Waals surface area contributed by atoms with Gasteiger partial charge in [-0.1, -0.05) is 13.8 Å². The third kappa shape index (κ3) is 3.67. The summed E-state index contributed by atoms with van der Waals surface area (Å²) in [6.07, 6.45) is 1.11. The molecule has 1 N–H and O–H groups in total. The van der Waals surface area contributed by atoms with Gasteiger partial charge in [-0.2, -0.15) is 11.8 Å². The maximum atomic E-state index is 11.6. The SMILES string of the molecule is COC(=O)C(C)(C)NC1CSCC(C)(C)C1. The lowest BCUT2D eigenvalue weighted by molar-refractivity contribution is -0.147. The van der Waals surface area contributed by atoms with E-state index < -0.39 is 5.54 Å². The van der Waals surface area contributed by atoms with Crippen molar-refractivity contribution in [2.45, 2.75) is 45.7 Å². The summed E-state index contributed by atoms with van der Waals surface area (Å²) in [6.45, 7) is 8.31. The van der Waals surface area contributed by atoms with Crippen LogP contribution in [0.25, 0.3) is 0 Å².